The Morgan fingerprint density at radius 1 is 0.960 bits per heavy atom. The van der Waals surface area contributed by atoms with Crippen LogP contribution in [0.25, 0.3) is 5.69 Å². The average molecular weight is 336 g/mol. The van der Waals surface area contributed by atoms with Crippen LogP contribution in [0.5, 0.6) is 11.5 Å². The molecular weight excluding hydrogens is 316 g/mol. The van der Waals surface area contributed by atoms with Crippen LogP contribution in [-0.4, -0.2) is 24.7 Å². The van der Waals surface area contributed by atoms with Crippen molar-refractivity contribution in [1.29, 1.82) is 0 Å². The van der Waals surface area contributed by atoms with Gasteiger partial charge in [0.05, 0.1) is 14.2 Å². The Morgan fingerprint density at radius 2 is 1.64 bits per heavy atom. The van der Waals surface area contributed by atoms with Crippen LogP contribution in [0.1, 0.15) is 15.9 Å². The number of aromatic nitrogens is 1. The fourth-order valence-electron chi connectivity index (χ4n) is 2.57. The van der Waals surface area contributed by atoms with Gasteiger partial charge in [-0.1, -0.05) is 6.07 Å². The molecule has 1 amide bonds. The highest BCUT2D eigenvalue weighted by Gasteiger charge is 2.08. The smallest absolute Gasteiger partial charge is 0.251 e. The lowest BCUT2D eigenvalue weighted by atomic mass is 10.1. The van der Waals surface area contributed by atoms with E-state index in [0.29, 0.717) is 23.6 Å². The first-order valence-electron chi connectivity index (χ1n) is 7.94. The minimum atomic E-state index is -0.117. The normalized spacial score (nSPS) is 10.3. The molecule has 0 atom stereocenters. The highest BCUT2D eigenvalue weighted by molar-refractivity contribution is 5.94. The second-order valence-corrected chi connectivity index (χ2v) is 5.51. The van der Waals surface area contributed by atoms with Crippen LogP contribution in [-0.2, 0) is 6.54 Å². The summed E-state index contributed by atoms with van der Waals surface area (Å²) in [7, 11) is 3.18. The average Bonchev–Trinajstić information content (AvgIpc) is 3.20. The maximum Gasteiger partial charge on any atom is 0.251 e. The Labute approximate surface area is 146 Å². The van der Waals surface area contributed by atoms with E-state index in [0.717, 1.165) is 11.3 Å². The number of benzene rings is 2. The molecule has 0 fully saturated rings. The summed E-state index contributed by atoms with van der Waals surface area (Å²) in [5.41, 5.74) is 2.58. The van der Waals surface area contributed by atoms with Crippen molar-refractivity contribution in [2.45, 2.75) is 6.54 Å². The number of rotatable bonds is 6. The minimum Gasteiger partial charge on any atom is -0.493 e. The van der Waals surface area contributed by atoms with E-state index in [9.17, 15) is 4.79 Å². The van der Waals surface area contributed by atoms with Crippen LogP contribution in [0, 0.1) is 0 Å². The van der Waals surface area contributed by atoms with E-state index >= 15 is 0 Å². The van der Waals surface area contributed by atoms with Gasteiger partial charge in [0, 0.05) is 30.2 Å². The molecule has 0 saturated heterocycles. The second-order valence-electron chi connectivity index (χ2n) is 5.51. The van der Waals surface area contributed by atoms with Crippen molar-refractivity contribution in [2.75, 3.05) is 14.2 Å². The van der Waals surface area contributed by atoms with Gasteiger partial charge in [-0.3, -0.25) is 4.79 Å². The van der Waals surface area contributed by atoms with E-state index in [1.807, 2.05) is 71.6 Å². The van der Waals surface area contributed by atoms with Crippen LogP contribution >= 0.6 is 0 Å². The summed E-state index contributed by atoms with van der Waals surface area (Å²) in [6.45, 7) is 0.415. The molecule has 1 N–H and O–H groups in total. The van der Waals surface area contributed by atoms with Gasteiger partial charge in [0.2, 0.25) is 0 Å². The maximum atomic E-state index is 12.3. The van der Waals surface area contributed by atoms with Crippen LogP contribution in [0.15, 0.2) is 67.0 Å². The molecule has 0 aliphatic rings. The second kappa shape index (κ2) is 7.57. The van der Waals surface area contributed by atoms with Gasteiger partial charge in [0.25, 0.3) is 5.91 Å². The number of hydrogen-bond acceptors (Lipinski definition) is 3. The summed E-state index contributed by atoms with van der Waals surface area (Å²) in [5, 5.41) is 2.92. The predicted molar refractivity (Wildman–Crippen MR) is 96.5 cm³/mol. The summed E-state index contributed by atoms with van der Waals surface area (Å²) in [4.78, 5) is 12.3. The van der Waals surface area contributed by atoms with E-state index in [1.165, 1.54) is 0 Å². The van der Waals surface area contributed by atoms with Crippen LogP contribution in [0.3, 0.4) is 0 Å². The molecule has 0 spiro atoms. The number of amides is 1. The number of ether oxygens (including phenoxy) is 2. The lowest BCUT2D eigenvalue weighted by molar-refractivity contribution is 0.0951. The summed E-state index contributed by atoms with van der Waals surface area (Å²) >= 11 is 0. The fraction of sp³-hybridized carbons (Fsp3) is 0.150. The monoisotopic (exact) mass is 336 g/mol. The minimum absolute atomic E-state index is 0.117. The van der Waals surface area contributed by atoms with Gasteiger partial charge >= 0.3 is 0 Å². The lowest BCUT2D eigenvalue weighted by Gasteiger charge is -2.11. The Hall–Kier alpha value is -3.21. The highest BCUT2D eigenvalue weighted by atomic mass is 16.5. The maximum absolute atomic E-state index is 12.3. The third-order valence-electron chi connectivity index (χ3n) is 3.93. The molecule has 2 aromatic carbocycles. The molecule has 3 aromatic rings. The number of carbonyl (C=O) groups is 1. The third-order valence-corrected chi connectivity index (χ3v) is 3.93. The Morgan fingerprint density at radius 3 is 2.28 bits per heavy atom. The van der Waals surface area contributed by atoms with E-state index in [4.69, 9.17) is 9.47 Å². The van der Waals surface area contributed by atoms with Crippen molar-refractivity contribution in [3.8, 4) is 17.2 Å². The molecule has 5 heteroatoms. The Kier molecular flexibility index (Phi) is 5.04. The van der Waals surface area contributed by atoms with E-state index < -0.39 is 0 Å². The van der Waals surface area contributed by atoms with Crippen LogP contribution < -0.4 is 14.8 Å². The van der Waals surface area contributed by atoms with Gasteiger partial charge < -0.3 is 19.4 Å². The first kappa shape index (κ1) is 16.6. The third kappa shape index (κ3) is 3.83. The van der Waals surface area contributed by atoms with E-state index in [-0.39, 0.29) is 5.91 Å². The zero-order chi connectivity index (χ0) is 17.6. The van der Waals surface area contributed by atoms with Gasteiger partial charge in [-0.05, 0) is 54.1 Å². The first-order valence-corrected chi connectivity index (χ1v) is 7.94. The van der Waals surface area contributed by atoms with Crippen molar-refractivity contribution in [3.63, 3.8) is 0 Å². The summed E-state index contributed by atoms with van der Waals surface area (Å²) in [6, 6.07) is 17.0. The van der Waals surface area contributed by atoms with E-state index in [2.05, 4.69) is 5.32 Å². The van der Waals surface area contributed by atoms with E-state index in [1.54, 1.807) is 14.2 Å². The van der Waals surface area contributed by atoms with Gasteiger partial charge in [-0.15, -0.1) is 0 Å². The number of nitrogens with zero attached hydrogens (tertiary/aromatic N) is 1. The molecule has 128 valence electrons. The van der Waals surface area contributed by atoms with Crippen molar-refractivity contribution in [1.82, 2.24) is 9.88 Å². The van der Waals surface area contributed by atoms with Crippen molar-refractivity contribution in [3.05, 3.63) is 78.1 Å². The number of methoxy groups -OCH3 is 2. The van der Waals surface area contributed by atoms with Crippen molar-refractivity contribution >= 4 is 5.91 Å². The molecular formula is C20H20N2O3. The standard InChI is InChI=1S/C20H20N2O3/c1-24-18-10-5-15(13-19(18)25-2)14-21-20(23)16-6-8-17(9-7-16)22-11-3-4-12-22/h3-13H,14H2,1-2H3,(H,21,23). The van der Waals surface area contributed by atoms with Crippen molar-refractivity contribution < 1.29 is 14.3 Å². The molecule has 5 nitrogen and oxygen atoms in total. The molecule has 1 aromatic heterocycles. The lowest BCUT2D eigenvalue weighted by Crippen LogP contribution is -2.22. The molecule has 0 bridgehead atoms. The highest BCUT2D eigenvalue weighted by Crippen LogP contribution is 2.27. The molecule has 0 aliphatic heterocycles. The summed E-state index contributed by atoms with van der Waals surface area (Å²) < 4.78 is 12.5. The van der Waals surface area contributed by atoms with Crippen molar-refractivity contribution in [2.24, 2.45) is 0 Å². The van der Waals surface area contributed by atoms with Gasteiger partial charge in [0.15, 0.2) is 11.5 Å². The van der Waals surface area contributed by atoms with Crippen LogP contribution in [0.2, 0.25) is 0 Å². The van der Waals surface area contributed by atoms with Crippen LogP contribution in [0.4, 0.5) is 0 Å². The Balaban J connectivity index is 1.64. The topological polar surface area (TPSA) is 52.5 Å². The van der Waals surface area contributed by atoms with Gasteiger partial charge in [0.1, 0.15) is 0 Å². The molecule has 0 saturated carbocycles. The Bertz CT molecular complexity index is 840. The molecule has 0 aliphatic carbocycles. The largest absolute Gasteiger partial charge is 0.493 e. The summed E-state index contributed by atoms with van der Waals surface area (Å²) in [6.07, 6.45) is 3.93. The number of nitrogens with one attached hydrogen (secondary N) is 1. The molecule has 25 heavy (non-hydrogen) atoms. The fourth-order valence-corrected chi connectivity index (χ4v) is 2.57. The van der Waals surface area contributed by atoms with Gasteiger partial charge in [-0.25, -0.2) is 0 Å². The molecule has 0 unspecified atom stereocenters. The molecule has 0 radical (unpaired) electrons. The number of carbonyl (C=O) groups excluding carboxylic acids is 1. The molecule has 3 rings (SSSR count). The first-order chi connectivity index (χ1) is 12.2. The SMILES string of the molecule is COc1ccc(CNC(=O)c2ccc(-n3cccc3)cc2)cc1OC. The number of hydrogen-bond donors (Lipinski definition) is 1. The quantitative estimate of drug-likeness (QED) is 0.750. The summed E-state index contributed by atoms with van der Waals surface area (Å²) in [5.74, 6) is 1.19. The molecule has 1 heterocycles. The predicted octanol–water partition coefficient (Wildman–Crippen LogP) is 3.42. The zero-order valence-corrected chi connectivity index (χ0v) is 14.2. The zero-order valence-electron chi connectivity index (χ0n) is 14.2. The van der Waals surface area contributed by atoms with Gasteiger partial charge in [-0.2, -0.15) is 0 Å².